The first-order chi connectivity index (χ1) is 14.3. The third kappa shape index (κ3) is 5.73. The van der Waals surface area contributed by atoms with Crippen molar-refractivity contribution in [3.63, 3.8) is 0 Å². The number of benzene rings is 2. The van der Waals surface area contributed by atoms with Gasteiger partial charge in [0.2, 0.25) is 5.91 Å². The van der Waals surface area contributed by atoms with Gasteiger partial charge in [-0.1, -0.05) is 29.4 Å². The first-order valence-electron chi connectivity index (χ1n) is 9.38. The van der Waals surface area contributed by atoms with Crippen LogP contribution in [0.1, 0.15) is 38.7 Å². The van der Waals surface area contributed by atoms with E-state index in [-0.39, 0.29) is 23.5 Å². The van der Waals surface area contributed by atoms with Gasteiger partial charge < -0.3 is 14.6 Å². The number of halogens is 2. The zero-order valence-electron chi connectivity index (χ0n) is 16.8. The summed E-state index contributed by atoms with van der Waals surface area (Å²) in [5.74, 6) is 0.849. The molecule has 0 bridgehead atoms. The Kier molecular flexibility index (Phi) is 7.33. The zero-order chi connectivity index (χ0) is 21.7. The molecule has 6 nitrogen and oxygen atoms in total. The molecular formula is C21H22ClFN4O2S. The van der Waals surface area contributed by atoms with Crippen molar-refractivity contribution in [2.45, 2.75) is 38.1 Å². The predicted octanol–water partition coefficient (Wildman–Crippen LogP) is 5.52. The summed E-state index contributed by atoms with van der Waals surface area (Å²) in [6.45, 7) is 5.87. The summed E-state index contributed by atoms with van der Waals surface area (Å²) in [6, 6.07) is 12.9. The van der Waals surface area contributed by atoms with Crippen LogP contribution in [-0.2, 0) is 4.79 Å². The molecule has 1 unspecified atom stereocenters. The zero-order valence-corrected chi connectivity index (χ0v) is 18.4. The number of carbonyl (C=O) groups excluding carboxylic acids is 1. The molecule has 3 rings (SSSR count). The van der Waals surface area contributed by atoms with Crippen LogP contribution in [0, 0.1) is 5.82 Å². The van der Waals surface area contributed by atoms with Gasteiger partial charge in [-0.05, 0) is 63.2 Å². The fourth-order valence-electron chi connectivity index (χ4n) is 2.81. The van der Waals surface area contributed by atoms with Gasteiger partial charge >= 0.3 is 0 Å². The van der Waals surface area contributed by atoms with Crippen LogP contribution in [0.3, 0.4) is 0 Å². The summed E-state index contributed by atoms with van der Waals surface area (Å²) in [5, 5.41) is 12.5. The maximum Gasteiger partial charge on any atom is 0.234 e. The Bertz CT molecular complexity index is 1010. The average molecular weight is 449 g/mol. The van der Waals surface area contributed by atoms with Crippen LogP contribution < -0.4 is 10.1 Å². The van der Waals surface area contributed by atoms with Crippen LogP contribution in [0.5, 0.6) is 5.75 Å². The molecular weight excluding hydrogens is 427 g/mol. The van der Waals surface area contributed by atoms with E-state index in [4.69, 9.17) is 16.3 Å². The Labute approximate surface area is 183 Å². The van der Waals surface area contributed by atoms with E-state index in [0.29, 0.717) is 27.4 Å². The summed E-state index contributed by atoms with van der Waals surface area (Å²) in [5.41, 5.74) is 0.639. The van der Waals surface area contributed by atoms with E-state index in [2.05, 4.69) is 15.5 Å². The molecule has 0 aliphatic heterocycles. The van der Waals surface area contributed by atoms with Gasteiger partial charge in [0, 0.05) is 16.8 Å². The van der Waals surface area contributed by atoms with Gasteiger partial charge in [-0.25, -0.2) is 4.39 Å². The predicted molar refractivity (Wildman–Crippen MR) is 117 cm³/mol. The van der Waals surface area contributed by atoms with Gasteiger partial charge in [-0.2, -0.15) is 0 Å². The first kappa shape index (κ1) is 22.1. The molecule has 0 aliphatic carbocycles. The third-order valence-corrected chi connectivity index (χ3v) is 5.32. The SMILES string of the molecule is CC(Oc1ccc(F)cc1)c1nnc(SCC(=O)Nc2cccc(Cl)c2)n1C(C)C. The Morgan fingerprint density at radius 3 is 2.60 bits per heavy atom. The largest absolute Gasteiger partial charge is 0.483 e. The van der Waals surface area contributed by atoms with Gasteiger partial charge in [-0.15, -0.1) is 10.2 Å². The summed E-state index contributed by atoms with van der Waals surface area (Å²) < 4.78 is 20.9. The van der Waals surface area contributed by atoms with Crippen molar-refractivity contribution in [2.75, 3.05) is 11.1 Å². The van der Waals surface area contributed by atoms with Crippen molar-refractivity contribution in [1.82, 2.24) is 14.8 Å². The maximum absolute atomic E-state index is 13.1. The number of hydrogen-bond acceptors (Lipinski definition) is 5. The molecule has 9 heteroatoms. The van der Waals surface area contributed by atoms with Gasteiger partial charge in [0.25, 0.3) is 0 Å². The number of nitrogens with one attached hydrogen (secondary N) is 1. The number of anilines is 1. The standard InChI is InChI=1S/C21H22ClFN4O2S/c1-13(2)27-20(14(3)29-18-9-7-16(23)8-10-18)25-26-21(27)30-12-19(28)24-17-6-4-5-15(22)11-17/h4-11,13-14H,12H2,1-3H3,(H,24,28). The number of rotatable bonds is 8. The van der Waals surface area contributed by atoms with Gasteiger partial charge in [-0.3, -0.25) is 4.79 Å². The molecule has 3 aromatic rings. The van der Waals surface area contributed by atoms with Crippen molar-refractivity contribution in [2.24, 2.45) is 0 Å². The molecule has 1 atom stereocenters. The van der Waals surface area contributed by atoms with E-state index in [0.717, 1.165) is 0 Å². The summed E-state index contributed by atoms with van der Waals surface area (Å²) >= 11 is 7.24. The fourth-order valence-corrected chi connectivity index (χ4v) is 3.88. The van der Waals surface area contributed by atoms with Crippen molar-refractivity contribution >= 4 is 35.0 Å². The first-order valence-corrected chi connectivity index (χ1v) is 10.7. The molecule has 0 spiro atoms. The van der Waals surface area contributed by atoms with E-state index in [1.165, 1.54) is 23.9 Å². The minimum absolute atomic E-state index is 0.0627. The Balaban J connectivity index is 1.67. The number of nitrogens with zero attached hydrogens (tertiary/aromatic N) is 3. The average Bonchev–Trinajstić information content (AvgIpc) is 3.13. The number of aromatic nitrogens is 3. The molecule has 2 aromatic carbocycles. The topological polar surface area (TPSA) is 69.0 Å². The second kappa shape index (κ2) is 9.95. The van der Waals surface area contributed by atoms with Crippen LogP contribution in [-0.4, -0.2) is 26.4 Å². The van der Waals surface area contributed by atoms with E-state index in [1.807, 2.05) is 25.3 Å². The molecule has 1 N–H and O–H groups in total. The van der Waals surface area contributed by atoms with Crippen LogP contribution in [0.25, 0.3) is 0 Å². The molecule has 1 heterocycles. The molecule has 158 valence electrons. The molecule has 30 heavy (non-hydrogen) atoms. The van der Waals surface area contributed by atoms with Gasteiger partial charge in [0.15, 0.2) is 17.1 Å². The minimum Gasteiger partial charge on any atom is -0.483 e. The highest BCUT2D eigenvalue weighted by molar-refractivity contribution is 7.99. The molecule has 0 radical (unpaired) electrons. The summed E-state index contributed by atoms with van der Waals surface area (Å²) in [6.07, 6.45) is -0.403. The molecule has 1 aromatic heterocycles. The lowest BCUT2D eigenvalue weighted by Crippen LogP contribution is -2.16. The van der Waals surface area contributed by atoms with E-state index in [9.17, 15) is 9.18 Å². The van der Waals surface area contributed by atoms with Crippen molar-refractivity contribution in [1.29, 1.82) is 0 Å². The lowest BCUT2D eigenvalue weighted by molar-refractivity contribution is -0.113. The second-order valence-corrected chi connectivity index (χ2v) is 8.24. The monoisotopic (exact) mass is 448 g/mol. The molecule has 0 aliphatic rings. The van der Waals surface area contributed by atoms with E-state index < -0.39 is 6.10 Å². The number of hydrogen-bond donors (Lipinski definition) is 1. The fraction of sp³-hybridized carbons (Fsp3) is 0.286. The number of thioether (sulfide) groups is 1. The number of ether oxygens (including phenoxy) is 1. The van der Waals surface area contributed by atoms with Crippen LogP contribution in [0.4, 0.5) is 10.1 Å². The summed E-state index contributed by atoms with van der Waals surface area (Å²) in [7, 11) is 0. The second-order valence-electron chi connectivity index (χ2n) is 6.87. The molecule has 0 saturated carbocycles. The number of amides is 1. The van der Waals surface area contributed by atoms with Crippen molar-refractivity contribution in [3.05, 3.63) is 65.2 Å². The Hall–Kier alpha value is -2.58. The molecule has 1 amide bonds. The van der Waals surface area contributed by atoms with Crippen molar-refractivity contribution < 1.29 is 13.9 Å². The quantitative estimate of drug-likeness (QED) is 0.459. The highest BCUT2D eigenvalue weighted by Gasteiger charge is 2.22. The molecule has 0 saturated heterocycles. The smallest absolute Gasteiger partial charge is 0.234 e. The normalized spacial score (nSPS) is 12.1. The van der Waals surface area contributed by atoms with Crippen LogP contribution in [0.2, 0.25) is 5.02 Å². The van der Waals surface area contributed by atoms with Gasteiger partial charge in [0.05, 0.1) is 5.75 Å². The summed E-state index contributed by atoms with van der Waals surface area (Å²) in [4.78, 5) is 12.3. The van der Waals surface area contributed by atoms with Crippen LogP contribution >= 0.6 is 23.4 Å². The lowest BCUT2D eigenvalue weighted by Gasteiger charge is -2.18. The number of carbonyl (C=O) groups is 1. The Morgan fingerprint density at radius 1 is 1.20 bits per heavy atom. The highest BCUT2D eigenvalue weighted by Crippen LogP contribution is 2.28. The van der Waals surface area contributed by atoms with E-state index in [1.54, 1.807) is 36.4 Å². The highest BCUT2D eigenvalue weighted by atomic mass is 35.5. The van der Waals surface area contributed by atoms with Gasteiger partial charge in [0.1, 0.15) is 11.6 Å². The van der Waals surface area contributed by atoms with Crippen molar-refractivity contribution in [3.8, 4) is 5.75 Å². The lowest BCUT2D eigenvalue weighted by atomic mass is 10.3. The van der Waals surface area contributed by atoms with Crippen LogP contribution in [0.15, 0.2) is 53.7 Å². The van der Waals surface area contributed by atoms with E-state index >= 15 is 0 Å². The Morgan fingerprint density at radius 2 is 1.93 bits per heavy atom. The molecule has 0 fully saturated rings. The minimum atomic E-state index is -0.403. The third-order valence-electron chi connectivity index (χ3n) is 4.14. The maximum atomic E-state index is 13.1.